The summed E-state index contributed by atoms with van der Waals surface area (Å²) in [5.74, 6) is 0.667. The van der Waals surface area contributed by atoms with Gasteiger partial charge in [-0.15, -0.1) is 22.9 Å². The van der Waals surface area contributed by atoms with Crippen LogP contribution in [0.4, 0.5) is 0 Å². The maximum absolute atomic E-state index is 9.77. The Bertz CT molecular complexity index is 452. The summed E-state index contributed by atoms with van der Waals surface area (Å²) >= 11 is 10.6. The molecule has 0 amide bonds. The van der Waals surface area contributed by atoms with Gasteiger partial charge in [0.1, 0.15) is 5.75 Å². The van der Waals surface area contributed by atoms with Gasteiger partial charge in [0.25, 0.3) is 0 Å². The number of alkyl halides is 1. The summed E-state index contributed by atoms with van der Waals surface area (Å²) in [6.45, 7) is 0. The number of aromatic hydroxyl groups is 1. The van der Waals surface area contributed by atoms with Gasteiger partial charge in [-0.25, -0.2) is 0 Å². The minimum absolute atomic E-state index is 0.308. The highest BCUT2D eigenvalue weighted by molar-refractivity contribution is 9.10. The van der Waals surface area contributed by atoms with E-state index in [0.29, 0.717) is 11.6 Å². The number of hydrogen-bond acceptors (Lipinski definition) is 2. The van der Waals surface area contributed by atoms with E-state index < -0.39 is 0 Å². The first-order chi connectivity index (χ1) is 6.24. The molecule has 1 heterocycles. The summed E-state index contributed by atoms with van der Waals surface area (Å²) in [5.41, 5.74) is 0. The maximum atomic E-state index is 9.77. The van der Waals surface area contributed by atoms with Crippen molar-refractivity contribution in [3.05, 3.63) is 27.5 Å². The third kappa shape index (κ3) is 1.45. The summed E-state index contributed by atoms with van der Waals surface area (Å²) in [6, 6.07) is 5.83. The predicted octanol–water partition coefficient (Wildman–Crippen LogP) is 4.11. The molecular formula is C9H6BrClOS. The normalized spacial score (nSPS) is 10.9. The standard InChI is InChI=1S/C9H6BrClOS/c10-5-2-1-3-6-8(5)9(12)7(4-11)13-6/h1-3,12H,4H2. The largest absolute Gasteiger partial charge is 0.506 e. The highest BCUT2D eigenvalue weighted by Gasteiger charge is 2.11. The van der Waals surface area contributed by atoms with Crippen molar-refractivity contribution in [2.45, 2.75) is 5.88 Å². The van der Waals surface area contributed by atoms with Crippen molar-refractivity contribution in [3.63, 3.8) is 0 Å². The quantitative estimate of drug-likeness (QED) is 0.778. The molecule has 0 saturated carbocycles. The number of thiophene rings is 1. The lowest BCUT2D eigenvalue weighted by atomic mass is 10.2. The van der Waals surface area contributed by atoms with Crippen LogP contribution in [0.3, 0.4) is 0 Å². The Morgan fingerprint density at radius 1 is 1.46 bits per heavy atom. The van der Waals surface area contributed by atoms with Gasteiger partial charge < -0.3 is 5.11 Å². The van der Waals surface area contributed by atoms with E-state index in [1.54, 1.807) is 0 Å². The highest BCUT2D eigenvalue weighted by atomic mass is 79.9. The Kier molecular flexibility index (Phi) is 2.49. The Morgan fingerprint density at radius 2 is 2.23 bits per heavy atom. The van der Waals surface area contributed by atoms with Crippen molar-refractivity contribution in [2.24, 2.45) is 0 Å². The van der Waals surface area contributed by atoms with Crippen molar-refractivity contribution < 1.29 is 5.11 Å². The molecule has 0 fully saturated rings. The Hall–Kier alpha value is -0.250. The fraction of sp³-hybridized carbons (Fsp3) is 0.111. The number of halogens is 2. The Morgan fingerprint density at radius 3 is 2.85 bits per heavy atom. The van der Waals surface area contributed by atoms with Gasteiger partial charge in [-0.05, 0) is 28.1 Å². The smallest absolute Gasteiger partial charge is 0.139 e. The molecule has 68 valence electrons. The van der Waals surface area contributed by atoms with Gasteiger partial charge >= 0.3 is 0 Å². The second-order valence-electron chi connectivity index (χ2n) is 2.62. The average molecular weight is 278 g/mol. The SMILES string of the molecule is Oc1c(CCl)sc2cccc(Br)c12. The van der Waals surface area contributed by atoms with Crippen molar-refractivity contribution in [1.82, 2.24) is 0 Å². The van der Waals surface area contributed by atoms with Gasteiger partial charge in [0.15, 0.2) is 0 Å². The zero-order valence-corrected chi connectivity index (χ0v) is 9.71. The van der Waals surface area contributed by atoms with Crippen molar-refractivity contribution in [2.75, 3.05) is 0 Å². The summed E-state index contributed by atoms with van der Waals surface area (Å²) < 4.78 is 1.97. The second kappa shape index (κ2) is 3.48. The van der Waals surface area contributed by atoms with E-state index in [-0.39, 0.29) is 0 Å². The van der Waals surface area contributed by atoms with Crippen molar-refractivity contribution in [1.29, 1.82) is 0 Å². The van der Waals surface area contributed by atoms with E-state index in [1.807, 2.05) is 18.2 Å². The molecule has 0 atom stereocenters. The molecule has 4 heteroatoms. The van der Waals surface area contributed by atoms with E-state index in [2.05, 4.69) is 15.9 Å². The Labute approximate surface area is 93.1 Å². The van der Waals surface area contributed by atoms with E-state index in [0.717, 1.165) is 19.4 Å². The molecule has 0 bridgehead atoms. The van der Waals surface area contributed by atoms with Gasteiger partial charge in [-0.3, -0.25) is 0 Å². The molecule has 2 rings (SSSR count). The van der Waals surface area contributed by atoms with Gasteiger partial charge in [-0.1, -0.05) is 6.07 Å². The zero-order chi connectivity index (χ0) is 9.42. The number of benzene rings is 1. The lowest BCUT2D eigenvalue weighted by Gasteiger charge is -1.94. The minimum atomic E-state index is 0.308. The third-order valence-electron chi connectivity index (χ3n) is 1.83. The highest BCUT2D eigenvalue weighted by Crippen LogP contribution is 2.41. The van der Waals surface area contributed by atoms with E-state index in [1.165, 1.54) is 11.3 Å². The average Bonchev–Trinajstić information content (AvgIpc) is 2.44. The van der Waals surface area contributed by atoms with Crippen molar-refractivity contribution in [3.8, 4) is 5.75 Å². The van der Waals surface area contributed by atoms with Crippen LogP contribution in [0.5, 0.6) is 5.75 Å². The van der Waals surface area contributed by atoms with Crippen LogP contribution < -0.4 is 0 Å². The molecule has 0 spiro atoms. The molecule has 0 aliphatic carbocycles. The molecule has 0 saturated heterocycles. The van der Waals surface area contributed by atoms with Gasteiger partial charge in [-0.2, -0.15) is 0 Å². The summed E-state index contributed by atoms with van der Waals surface area (Å²) in [7, 11) is 0. The summed E-state index contributed by atoms with van der Waals surface area (Å²) in [6.07, 6.45) is 0. The molecule has 13 heavy (non-hydrogen) atoms. The van der Waals surface area contributed by atoms with Gasteiger partial charge in [0.2, 0.25) is 0 Å². The van der Waals surface area contributed by atoms with E-state index in [4.69, 9.17) is 11.6 Å². The number of hydrogen-bond donors (Lipinski definition) is 1. The number of rotatable bonds is 1. The molecule has 0 aliphatic heterocycles. The first kappa shape index (κ1) is 9.31. The molecule has 1 aromatic carbocycles. The summed E-state index contributed by atoms with van der Waals surface area (Å²) in [5, 5.41) is 10.6. The van der Waals surface area contributed by atoms with Crippen LogP contribution in [0.15, 0.2) is 22.7 Å². The van der Waals surface area contributed by atoms with E-state index in [9.17, 15) is 5.11 Å². The van der Waals surface area contributed by atoms with E-state index >= 15 is 0 Å². The topological polar surface area (TPSA) is 20.2 Å². The molecule has 1 nitrogen and oxygen atoms in total. The maximum Gasteiger partial charge on any atom is 0.139 e. The molecule has 0 unspecified atom stereocenters. The molecule has 2 aromatic rings. The summed E-state index contributed by atoms with van der Waals surface area (Å²) in [4.78, 5) is 0.823. The zero-order valence-electron chi connectivity index (χ0n) is 6.55. The first-order valence-corrected chi connectivity index (χ1v) is 5.83. The van der Waals surface area contributed by atoms with Crippen LogP contribution in [-0.4, -0.2) is 5.11 Å². The van der Waals surface area contributed by atoms with Crippen LogP contribution in [-0.2, 0) is 5.88 Å². The van der Waals surface area contributed by atoms with Gasteiger partial charge in [0.05, 0.1) is 10.8 Å². The van der Waals surface area contributed by atoms with Crippen LogP contribution in [0.25, 0.3) is 10.1 Å². The minimum Gasteiger partial charge on any atom is -0.506 e. The second-order valence-corrected chi connectivity index (χ2v) is 4.88. The van der Waals surface area contributed by atoms with Crippen LogP contribution in [0.2, 0.25) is 0 Å². The number of fused-ring (bicyclic) bond motifs is 1. The fourth-order valence-corrected chi connectivity index (χ4v) is 3.18. The fourth-order valence-electron chi connectivity index (χ4n) is 1.23. The lowest BCUT2D eigenvalue weighted by Crippen LogP contribution is -1.69. The van der Waals surface area contributed by atoms with Crippen LogP contribution in [0.1, 0.15) is 4.88 Å². The van der Waals surface area contributed by atoms with Crippen LogP contribution in [0, 0.1) is 0 Å². The van der Waals surface area contributed by atoms with Crippen LogP contribution >= 0.6 is 38.9 Å². The monoisotopic (exact) mass is 276 g/mol. The first-order valence-electron chi connectivity index (χ1n) is 3.69. The third-order valence-corrected chi connectivity index (χ3v) is 4.06. The Balaban J connectivity index is 2.85. The molecule has 0 aliphatic rings. The van der Waals surface area contributed by atoms with Gasteiger partial charge in [0, 0.05) is 14.6 Å². The molecule has 1 N–H and O–H groups in total. The lowest BCUT2D eigenvalue weighted by molar-refractivity contribution is 0.479. The molecular weight excluding hydrogens is 272 g/mol. The molecule has 1 aromatic heterocycles. The predicted molar refractivity (Wildman–Crippen MR) is 60.7 cm³/mol. The van der Waals surface area contributed by atoms with Crippen molar-refractivity contribution >= 4 is 49.0 Å². The molecule has 0 radical (unpaired) electrons.